The van der Waals surface area contributed by atoms with Crippen LogP contribution in [0.1, 0.15) is 50.0 Å². The summed E-state index contributed by atoms with van der Waals surface area (Å²) >= 11 is 0. The first-order valence-corrected chi connectivity index (χ1v) is 8.48. The van der Waals surface area contributed by atoms with Gasteiger partial charge in [0.15, 0.2) is 0 Å². The second-order valence-electron chi connectivity index (χ2n) is 6.90. The third-order valence-corrected chi connectivity index (χ3v) is 5.79. The molecule has 108 valence electrons. The molecular formula is C18H26N2. The smallest absolute Gasteiger partial charge is 0.0376 e. The highest BCUT2D eigenvalue weighted by Gasteiger charge is 2.36. The van der Waals surface area contributed by atoms with Crippen LogP contribution in [0, 0.1) is 5.92 Å². The fourth-order valence-corrected chi connectivity index (χ4v) is 4.75. The number of hydrogen-bond acceptors (Lipinski definition) is 2. The molecule has 1 aliphatic carbocycles. The summed E-state index contributed by atoms with van der Waals surface area (Å²) in [6.07, 6.45) is 8.63. The molecule has 1 saturated carbocycles. The highest BCUT2D eigenvalue weighted by molar-refractivity contribution is 5.54. The number of fused-ring (bicyclic) bond motifs is 2. The van der Waals surface area contributed by atoms with Crippen molar-refractivity contribution < 1.29 is 0 Å². The fourth-order valence-electron chi connectivity index (χ4n) is 4.75. The molecule has 1 N–H and O–H groups in total. The molecule has 1 aromatic rings. The second kappa shape index (κ2) is 5.40. The van der Waals surface area contributed by atoms with E-state index in [0.29, 0.717) is 0 Å². The van der Waals surface area contributed by atoms with E-state index in [2.05, 4.69) is 34.5 Å². The summed E-state index contributed by atoms with van der Waals surface area (Å²) in [4.78, 5) is 2.83. The van der Waals surface area contributed by atoms with Crippen LogP contribution in [-0.2, 0) is 0 Å². The van der Waals surface area contributed by atoms with Crippen molar-refractivity contribution in [3.05, 3.63) is 29.8 Å². The molecule has 4 rings (SSSR count). The molecule has 1 saturated heterocycles. The van der Waals surface area contributed by atoms with E-state index in [0.717, 1.165) is 24.4 Å². The lowest BCUT2D eigenvalue weighted by Gasteiger charge is -2.36. The predicted molar refractivity (Wildman–Crippen MR) is 84.2 cm³/mol. The lowest BCUT2D eigenvalue weighted by molar-refractivity contribution is 0.172. The number of hydrogen-bond donors (Lipinski definition) is 1. The van der Waals surface area contributed by atoms with Crippen LogP contribution in [0.25, 0.3) is 0 Å². The van der Waals surface area contributed by atoms with Gasteiger partial charge in [-0.2, -0.15) is 0 Å². The molecule has 0 amide bonds. The molecule has 2 aliphatic heterocycles. The Balaban J connectivity index is 1.50. The molecule has 0 radical (unpaired) electrons. The first-order chi connectivity index (χ1) is 9.92. The van der Waals surface area contributed by atoms with Gasteiger partial charge in [0, 0.05) is 30.7 Å². The Morgan fingerprint density at radius 1 is 1.05 bits per heavy atom. The SMILES string of the molecule is c1ccc2c(c1)NCCC2CN1CCC2CCCCC21. The van der Waals surface area contributed by atoms with Crippen molar-refractivity contribution >= 4 is 5.69 Å². The van der Waals surface area contributed by atoms with Crippen LogP contribution in [0.5, 0.6) is 0 Å². The van der Waals surface area contributed by atoms with Crippen LogP contribution in [0.4, 0.5) is 5.69 Å². The summed E-state index contributed by atoms with van der Waals surface area (Å²) < 4.78 is 0. The standard InChI is InChI=1S/C18H26N2/c1-4-8-18-14(5-1)10-12-20(18)13-15-9-11-19-17-7-3-2-6-16(15)17/h2-3,6-7,14-15,18-19H,1,4-5,8-13H2. The van der Waals surface area contributed by atoms with Crippen molar-refractivity contribution in [1.82, 2.24) is 4.90 Å². The zero-order chi connectivity index (χ0) is 13.4. The normalized spacial score (nSPS) is 33.3. The third-order valence-electron chi connectivity index (χ3n) is 5.79. The highest BCUT2D eigenvalue weighted by atomic mass is 15.2. The zero-order valence-corrected chi connectivity index (χ0v) is 12.4. The first kappa shape index (κ1) is 12.7. The second-order valence-corrected chi connectivity index (χ2v) is 6.90. The fraction of sp³-hybridized carbons (Fsp3) is 0.667. The summed E-state index contributed by atoms with van der Waals surface area (Å²) in [6, 6.07) is 9.84. The molecule has 2 nitrogen and oxygen atoms in total. The van der Waals surface area contributed by atoms with E-state index < -0.39 is 0 Å². The number of nitrogens with one attached hydrogen (secondary N) is 1. The summed E-state index contributed by atoms with van der Waals surface area (Å²) in [6.45, 7) is 3.78. The maximum absolute atomic E-state index is 3.56. The number of rotatable bonds is 2. The van der Waals surface area contributed by atoms with Gasteiger partial charge in [0.1, 0.15) is 0 Å². The first-order valence-electron chi connectivity index (χ1n) is 8.48. The molecular weight excluding hydrogens is 244 g/mol. The monoisotopic (exact) mass is 270 g/mol. The topological polar surface area (TPSA) is 15.3 Å². The molecule has 2 fully saturated rings. The number of benzene rings is 1. The van der Waals surface area contributed by atoms with E-state index in [9.17, 15) is 0 Å². The Labute approximate surface area is 122 Å². The molecule has 2 heteroatoms. The van der Waals surface area contributed by atoms with Gasteiger partial charge in [-0.25, -0.2) is 0 Å². The average molecular weight is 270 g/mol. The van der Waals surface area contributed by atoms with Crippen molar-refractivity contribution in [3.8, 4) is 0 Å². The molecule has 2 heterocycles. The van der Waals surface area contributed by atoms with E-state index in [-0.39, 0.29) is 0 Å². The molecule has 3 aliphatic rings. The van der Waals surface area contributed by atoms with Crippen LogP contribution in [0.3, 0.4) is 0 Å². The van der Waals surface area contributed by atoms with Crippen LogP contribution in [0.2, 0.25) is 0 Å². The molecule has 1 aromatic carbocycles. The van der Waals surface area contributed by atoms with E-state index >= 15 is 0 Å². The van der Waals surface area contributed by atoms with Gasteiger partial charge in [0.05, 0.1) is 0 Å². The quantitative estimate of drug-likeness (QED) is 0.878. The van der Waals surface area contributed by atoms with Crippen LogP contribution in [0.15, 0.2) is 24.3 Å². The molecule has 20 heavy (non-hydrogen) atoms. The molecule has 3 atom stereocenters. The van der Waals surface area contributed by atoms with E-state index in [4.69, 9.17) is 0 Å². The third kappa shape index (κ3) is 2.24. The van der Waals surface area contributed by atoms with Crippen molar-refractivity contribution in [1.29, 1.82) is 0 Å². The Hall–Kier alpha value is -1.02. The van der Waals surface area contributed by atoms with Gasteiger partial charge in [-0.1, -0.05) is 31.0 Å². The van der Waals surface area contributed by atoms with E-state index in [1.54, 1.807) is 5.56 Å². The van der Waals surface area contributed by atoms with Gasteiger partial charge in [0.2, 0.25) is 0 Å². The lowest BCUT2D eigenvalue weighted by atomic mass is 9.84. The largest absolute Gasteiger partial charge is 0.385 e. The Morgan fingerprint density at radius 2 is 1.95 bits per heavy atom. The van der Waals surface area contributed by atoms with Crippen LogP contribution in [-0.4, -0.2) is 30.6 Å². The molecule has 0 aromatic heterocycles. The Kier molecular flexibility index (Phi) is 3.43. The zero-order valence-electron chi connectivity index (χ0n) is 12.4. The average Bonchev–Trinajstić information content (AvgIpc) is 2.91. The van der Waals surface area contributed by atoms with Crippen molar-refractivity contribution in [3.63, 3.8) is 0 Å². The van der Waals surface area contributed by atoms with Gasteiger partial charge < -0.3 is 5.32 Å². The Bertz CT molecular complexity index is 470. The van der Waals surface area contributed by atoms with Gasteiger partial charge in [0.25, 0.3) is 0 Å². The maximum atomic E-state index is 3.56. The summed E-state index contributed by atoms with van der Waals surface area (Å²) in [7, 11) is 0. The minimum atomic E-state index is 0.744. The molecule has 3 unspecified atom stereocenters. The van der Waals surface area contributed by atoms with Crippen molar-refractivity contribution in [2.75, 3.05) is 25.0 Å². The van der Waals surface area contributed by atoms with E-state index in [1.165, 1.54) is 57.3 Å². The van der Waals surface area contributed by atoms with Crippen LogP contribution >= 0.6 is 0 Å². The molecule has 0 bridgehead atoms. The number of likely N-dealkylation sites (tertiary alicyclic amines) is 1. The van der Waals surface area contributed by atoms with Gasteiger partial charge >= 0.3 is 0 Å². The van der Waals surface area contributed by atoms with E-state index in [1.807, 2.05) is 0 Å². The summed E-state index contributed by atoms with van der Waals surface area (Å²) in [5.74, 6) is 1.76. The minimum absolute atomic E-state index is 0.744. The van der Waals surface area contributed by atoms with Gasteiger partial charge in [-0.3, -0.25) is 4.90 Å². The lowest BCUT2D eigenvalue weighted by Crippen LogP contribution is -2.38. The predicted octanol–water partition coefficient (Wildman–Crippen LogP) is 3.85. The summed E-state index contributed by atoms with van der Waals surface area (Å²) in [5, 5.41) is 3.56. The number of anilines is 1. The van der Waals surface area contributed by atoms with Gasteiger partial charge in [-0.15, -0.1) is 0 Å². The summed E-state index contributed by atoms with van der Waals surface area (Å²) in [5.41, 5.74) is 2.93. The molecule has 0 spiro atoms. The number of para-hydroxylation sites is 1. The minimum Gasteiger partial charge on any atom is -0.385 e. The van der Waals surface area contributed by atoms with Crippen molar-refractivity contribution in [2.45, 2.75) is 50.5 Å². The number of nitrogens with zero attached hydrogens (tertiary/aromatic N) is 1. The highest BCUT2D eigenvalue weighted by Crippen LogP contribution is 2.39. The van der Waals surface area contributed by atoms with Crippen LogP contribution < -0.4 is 5.32 Å². The van der Waals surface area contributed by atoms with Crippen molar-refractivity contribution in [2.24, 2.45) is 5.92 Å². The Morgan fingerprint density at radius 3 is 2.95 bits per heavy atom. The van der Waals surface area contributed by atoms with Gasteiger partial charge in [-0.05, 0) is 49.8 Å². The maximum Gasteiger partial charge on any atom is 0.0376 e.